The van der Waals surface area contributed by atoms with Gasteiger partial charge in [-0.1, -0.05) is 11.6 Å². The van der Waals surface area contributed by atoms with E-state index in [-0.39, 0.29) is 17.3 Å². The minimum atomic E-state index is -0.351. The first-order chi connectivity index (χ1) is 12.6. The monoisotopic (exact) mass is 406 g/mol. The minimum Gasteiger partial charge on any atom is -0.426 e. The van der Waals surface area contributed by atoms with Crippen molar-refractivity contribution in [3.8, 4) is 5.75 Å². The van der Waals surface area contributed by atoms with E-state index in [0.717, 1.165) is 29.5 Å². The molecule has 4 rings (SSSR count). The number of fused-ring (bicyclic) bond motifs is 3. The molecule has 0 fully saturated rings. The first kappa shape index (κ1) is 17.6. The van der Waals surface area contributed by atoms with Crippen molar-refractivity contribution in [1.29, 1.82) is 0 Å². The largest absolute Gasteiger partial charge is 0.426 e. The predicted molar refractivity (Wildman–Crippen MR) is 106 cm³/mol. The molecule has 1 aliphatic carbocycles. The summed E-state index contributed by atoms with van der Waals surface area (Å²) in [5, 5.41) is 1.34. The molecule has 0 bridgehead atoms. The summed E-state index contributed by atoms with van der Waals surface area (Å²) in [6.45, 7) is 0. The third-order valence-corrected chi connectivity index (χ3v) is 6.48. The second-order valence-corrected chi connectivity index (χ2v) is 8.48. The summed E-state index contributed by atoms with van der Waals surface area (Å²) in [4.78, 5) is 33.8. The Kier molecular flexibility index (Phi) is 5.02. The Hall–Kier alpha value is -1.83. The smallest absolute Gasteiger partial charge is 0.321 e. The number of nitrogens with one attached hydrogen (secondary N) is 1. The minimum absolute atomic E-state index is 0.0752. The van der Waals surface area contributed by atoms with E-state index in [9.17, 15) is 9.59 Å². The molecule has 0 saturated heterocycles. The predicted octanol–water partition coefficient (Wildman–Crippen LogP) is 3.97. The van der Waals surface area contributed by atoms with Crippen LogP contribution in [0.3, 0.4) is 0 Å². The molecule has 1 N–H and O–H groups in total. The van der Waals surface area contributed by atoms with Gasteiger partial charge in [0.25, 0.3) is 5.56 Å². The highest BCUT2D eigenvalue weighted by Gasteiger charge is 2.21. The topological polar surface area (TPSA) is 72.0 Å². The second-order valence-electron chi connectivity index (χ2n) is 5.97. The number of nitrogens with zero attached hydrogens (tertiary/aromatic N) is 1. The van der Waals surface area contributed by atoms with E-state index in [0.29, 0.717) is 22.3 Å². The lowest BCUT2D eigenvalue weighted by Crippen LogP contribution is -2.13. The van der Waals surface area contributed by atoms with Gasteiger partial charge in [0.2, 0.25) is 0 Å². The van der Waals surface area contributed by atoms with E-state index in [1.54, 1.807) is 35.6 Å². The number of aromatic nitrogens is 2. The summed E-state index contributed by atoms with van der Waals surface area (Å²) in [5.41, 5.74) is 1.10. The van der Waals surface area contributed by atoms with E-state index >= 15 is 0 Å². The van der Waals surface area contributed by atoms with Gasteiger partial charge in [0.1, 0.15) is 16.4 Å². The Morgan fingerprint density at radius 1 is 1.31 bits per heavy atom. The fourth-order valence-corrected chi connectivity index (χ4v) is 5.07. The Bertz CT molecular complexity index is 1030. The summed E-state index contributed by atoms with van der Waals surface area (Å²) >= 11 is 8.77. The second kappa shape index (κ2) is 7.42. The van der Waals surface area contributed by atoms with Crippen LogP contribution in [0.1, 0.15) is 22.7 Å². The van der Waals surface area contributed by atoms with Gasteiger partial charge in [-0.3, -0.25) is 9.59 Å². The van der Waals surface area contributed by atoms with E-state index in [1.165, 1.54) is 22.2 Å². The van der Waals surface area contributed by atoms with Gasteiger partial charge in [0, 0.05) is 9.90 Å². The van der Waals surface area contributed by atoms with Crippen molar-refractivity contribution >= 4 is 50.9 Å². The van der Waals surface area contributed by atoms with Crippen LogP contribution in [0, 0.1) is 0 Å². The first-order valence-electron chi connectivity index (χ1n) is 8.17. The number of carbonyl (C=O) groups excluding carboxylic acids is 1. The molecule has 0 spiro atoms. The molecule has 0 unspecified atom stereocenters. The number of hydrogen-bond donors (Lipinski definition) is 1. The highest BCUT2D eigenvalue weighted by molar-refractivity contribution is 7.99. The van der Waals surface area contributed by atoms with Crippen molar-refractivity contribution in [3.63, 3.8) is 0 Å². The molecule has 26 heavy (non-hydrogen) atoms. The molecular formula is C18H15ClN2O3S2. The average Bonchev–Trinajstić information content (AvgIpc) is 3.17. The quantitative estimate of drug-likeness (QED) is 0.512. The zero-order valence-electron chi connectivity index (χ0n) is 13.7. The standard InChI is InChI=1S/C18H15ClN2O3S2/c19-10-4-6-11(7-5-10)24-15(22)9-25-8-14-20-17(23)16-12-2-1-3-13(12)26-18(16)21-14/h4-7H,1-3,8-9H2,(H,20,21,23). The molecule has 0 saturated carbocycles. The molecule has 0 radical (unpaired) electrons. The normalized spacial score (nSPS) is 13.1. The van der Waals surface area contributed by atoms with Crippen molar-refractivity contribution in [2.24, 2.45) is 0 Å². The number of aryl methyl sites for hydroxylation is 2. The van der Waals surface area contributed by atoms with Gasteiger partial charge in [0.05, 0.1) is 16.9 Å². The Morgan fingerprint density at radius 2 is 2.12 bits per heavy atom. The van der Waals surface area contributed by atoms with Crippen LogP contribution in [0.5, 0.6) is 5.75 Å². The third-order valence-electron chi connectivity index (χ3n) is 4.13. The molecular weight excluding hydrogens is 392 g/mol. The number of H-pyrrole nitrogens is 1. The SMILES string of the molecule is O=C(CSCc1nc2sc3c(c2c(=O)[nH]1)CCC3)Oc1ccc(Cl)cc1. The van der Waals surface area contributed by atoms with Crippen LogP contribution in [0.2, 0.25) is 5.02 Å². The van der Waals surface area contributed by atoms with E-state index in [1.807, 2.05) is 0 Å². The zero-order valence-corrected chi connectivity index (χ0v) is 16.1. The van der Waals surface area contributed by atoms with Crippen LogP contribution in [-0.4, -0.2) is 21.7 Å². The van der Waals surface area contributed by atoms with Crippen LogP contribution in [0.15, 0.2) is 29.1 Å². The number of thiophene rings is 1. The van der Waals surface area contributed by atoms with Crippen molar-refractivity contribution in [1.82, 2.24) is 9.97 Å². The van der Waals surface area contributed by atoms with Crippen molar-refractivity contribution in [3.05, 3.63) is 55.9 Å². The number of esters is 1. The number of carbonyl (C=O) groups is 1. The maximum absolute atomic E-state index is 12.4. The highest BCUT2D eigenvalue weighted by atomic mass is 35.5. The molecule has 134 valence electrons. The van der Waals surface area contributed by atoms with Crippen molar-refractivity contribution in [2.75, 3.05) is 5.75 Å². The van der Waals surface area contributed by atoms with Crippen LogP contribution in [0.4, 0.5) is 0 Å². The highest BCUT2D eigenvalue weighted by Crippen LogP contribution is 2.34. The number of rotatable bonds is 5. The number of aromatic amines is 1. The zero-order chi connectivity index (χ0) is 18.1. The Balaban J connectivity index is 1.38. The van der Waals surface area contributed by atoms with Crippen molar-refractivity contribution < 1.29 is 9.53 Å². The number of benzene rings is 1. The van der Waals surface area contributed by atoms with Gasteiger partial charge in [-0.05, 0) is 49.1 Å². The van der Waals surface area contributed by atoms with Gasteiger partial charge in [-0.25, -0.2) is 4.98 Å². The summed E-state index contributed by atoms with van der Waals surface area (Å²) in [6, 6.07) is 6.63. The van der Waals surface area contributed by atoms with Gasteiger partial charge >= 0.3 is 5.97 Å². The van der Waals surface area contributed by atoms with E-state index in [2.05, 4.69) is 9.97 Å². The summed E-state index contributed by atoms with van der Waals surface area (Å²) in [5.74, 6) is 1.32. The molecule has 3 aromatic rings. The summed E-state index contributed by atoms with van der Waals surface area (Å²) in [7, 11) is 0. The molecule has 2 aromatic heterocycles. The van der Waals surface area contributed by atoms with Gasteiger partial charge in [0.15, 0.2) is 0 Å². The lowest BCUT2D eigenvalue weighted by atomic mass is 10.2. The lowest BCUT2D eigenvalue weighted by molar-refractivity contribution is -0.131. The molecule has 5 nitrogen and oxygen atoms in total. The van der Waals surface area contributed by atoms with Gasteiger partial charge in [-0.15, -0.1) is 23.1 Å². The van der Waals surface area contributed by atoms with E-state index < -0.39 is 0 Å². The first-order valence-corrected chi connectivity index (χ1v) is 10.5. The summed E-state index contributed by atoms with van der Waals surface area (Å²) < 4.78 is 5.23. The molecule has 0 atom stereocenters. The van der Waals surface area contributed by atoms with Crippen LogP contribution < -0.4 is 10.3 Å². The fourth-order valence-electron chi connectivity index (χ4n) is 3.01. The maximum Gasteiger partial charge on any atom is 0.321 e. The van der Waals surface area contributed by atoms with E-state index in [4.69, 9.17) is 16.3 Å². The average molecular weight is 407 g/mol. The van der Waals surface area contributed by atoms with Gasteiger partial charge < -0.3 is 9.72 Å². The molecule has 2 heterocycles. The number of hydrogen-bond acceptors (Lipinski definition) is 6. The van der Waals surface area contributed by atoms with Gasteiger partial charge in [-0.2, -0.15) is 0 Å². The Labute approximate surface area is 162 Å². The molecule has 8 heteroatoms. The molecule has 1 aliphatic rings. The molecule has 1 aromatic carbocycles. The lowest BCUT2D eigenvalue weighted by Gasteiger charge is -2.04. The third kappa shape index (κ3) is 3.65. The summed E-state index contributed by atoms with van der Waals surface area (Å²) in [6.07, 6.45) is 3.12. The van der Waals surface area contributed by atoms with Crippen molar-refractivity contribution in [2.45, 2.75) is 25.0 Å². The number of ether oxygens (including phenoxy) is 1. The molecule has 0 amide bonds. The fraction of sp³-hybridized carbons (Fsp3) is 0.278. The van der Waals surface area contributed by atoms with Crippen LogP contribution in [-0.2, 0) is 23.4 Å². The van der Waals surface area contributed by atoms with Crippen LogP contribution in [0.25, 0.3) is 10.2 Å². The molecule has 0 aliphatic heterocycles. The van der Waals surface area contributed by atoms with Crippen LogP contribution >= 0.6 is 34.7 Å². The number of thioether (sulfide) groups is 1. The maximum atomic E-state index is 12.4. The Morgan fingerprint density at radius 3 is 2.92 bits per heavy atom. The number of halogens is 1.